The van der Waals surface area contributed by atoms with Crippen molar-refractivity contribution in [3.8, 4) is 5.75 Å². The molecule has 4 nitrogen and oxygen atoms in total. The molecular weight excluding hydrogens is 168 g/mol. The fourth-order valence-corrected chi connectivity index (χ4v) is 0.775. The maximum atomic E-state index is 11.1. The average Bonchev–Trinajstić information content (AvgIpc) is 2.08. The fourth-order valence-electron chi connectivity index (χ4n) is 0.775. The highest BCUT2D eigenvalue weighted by Crippen LogP contribution is 2.19. The Hall–Kier alpha value is -1.55. The largest absolute Gasteiger partial charge is 0.423 e. The van der Waals surface area contributed by atoms with Crippen LogP contribution in [0.25, 0.3) is 0 Å². The number of nitrogen functional groups attached to an aromatic ring is 1. The highest BCUT2D eigenvalue weighted by atomic mass is 16.5. The van der Waals surface area contributed by atoms with Crippen molar-refractivity contribution >= 4 is 11.7 Å². The minimum absolute atomic E-state index is 0.352. The molecule has 1 atom stereocenters. The van der Waals surface area contributed by atoms with Crippen LogP contribution in [0.1, 0.15) is 6.92 Å². The molecule has 0 aliphatic heterocycles. The van der Waals surface area contributed by atoms with Crippen LogP contribution in [-0.2, 0) is 4.79 Å². The van der Waals surface area contributed by atoms with Gasteiger partial charge in [0.15, 0.2) is 5.75 Å². The van der Waals surface area contributed by atoms with Gasteiger partial charge in [0.05, 0.1) is 5.69 Å². The molecule has 1 unspecified atom stereocenters. The lowest BCUT2D eigenvalue weighted by Crippen LogP contribution is -2.31. The Kier molecular flexibility index (Phi) is 2.87. The van der Waals surface area contributed by atoms with Crippen molar-refractivity contribution in [3.05, 3.63) is 24.3 Å². The number of esters is 1. The lowest BCUT2D eigenvalue weighted by molar-refractivity contribution is -0.135. The molecule has 0 aliphatic rings. The Morgan fingerprint density at radius 1 is 1.46 bits per heavy atom. The zero-order valence-electron chi connectivity index (χ0n) is 7.36. The first kappa shape index (κ1) is 9.54. The molecule has 1 aromatic rings. The van der Waals surface area contributed by atoms with Crippen LogP contribution in [0.2, 0.25) is 0 Å². The van der Waals surface area contributed by atoms with Gasteiger partial charge in [-0.1, -0.05) is 12.1 Å². The summed E-state index contributed by atoms with van der Waals surface area (Å²) in [7, 11) is 0. The maximum Gasteiger partial charge on any atom is 0.328 e. The zero-order valence-corrected chi connectivity index (χ0v) is 7.36. The van der Waals surface area contributed by atoms with Gasteiger partial charge in [0.2, 0.25) is 0 Å². The number of ether oxygens (including phenoxy) is 1. The second-order valence-corrected chi connectivity index (χ2v) is 2.75. The smallest absolute Gasteiger partial charge is 0.328 e. The summed E-state index contributed by atoms with van der Waals surface area (Å²) in [6.07, 6.45) is 0. The van der Waals surface area contributed by atoms with E-state index >= 15 is 0 Å². The molecule has 0 saturated carbocycles. The summed E-state index contributed by atoms with van der Waals surface area (Å²) in [5.41, 5.74) is 11.3. The molecular formula is C9H12N2O2. The minimum Gasteiger partial charge on any atom is -0.423 e. The van der Waals surface area contributed by atoms with E-state index in [0.29, 0.717) is 11.4 Å². The van der Waals surface area contributed by atoms with Gasteiger partial charge in [0.25, 0.3) is 0 Å². The molecule has 1 rings (SSSR count). The van der Waals surface area contributed by atoms with Gasteiger partial charge < -0.3 is 16.2 Å². The van der Waals surface area contributed by atoms with E-state index in [1.165, 1.54) is 0 Å². The van der Waals surface area contributed by atoms with E-state index in [9.17, 15) is 4.79 Å². The van der Waals surface area contributed by atoms with Crippen LogP contribution in [0.15, 0.2) is 24.3 Å². The molecule has 4 N–H and O–H groups in total. The Balaban J connectivity index is 2.75. The number of carbonyl (C=O) groups excluding carboxylic acids is 1. The monoisotopic (exact) mass is 180 g/mol. The van der Waals surface area contributed by atoms with Crippen LogP contribution in [0.4, 0.5) is 5.69 Å². The summed E-state index contributed by atoms with van der Waals surface area (Å²) in [5.74, 6) is -0.136. The number of hydrogen-bond acceptors (Lipinski definition) is 4. The molecule has 13 heavy (non-hydrogen) atoms. The Labute approximate surface area is 76.5 Å². The lowest BCUT2D eigenvalue weighted by atomic mass is 10.3. The third-order valence-corrected chi connectivity index (χ3v) is 1.50. The number of para-hydroxylation sites is 2. The molecule has 0 saturated heterocycles. The number of nitrogens with two attached hydrogens (primary N) is 2. The van der Waals surface area contributed by atoms with Crippen LogP contribution >= 0.6 is 0 Å². The predicted octanol–water partition coefficient (Wildman–Crippen LogP) is 0.521. The molecule has 0 heterocycles. The number of benzene rings is 1. The van der Waals surface area contributed by atoms with Crippen molar-refractivity contribution in [1.29, 1.82) is 0 Å². The van der Waals surface area contributed by atoms with Gasteiger partial charge >= 0.3 is 5.97 Å². The molecule has 0 aliphatic carbocycles. The van der Waals surface area contributed by atoms with E-state index in [0.717, 1.165) is 0 Å². The number of carbonyl (C=O) groups is 1. The SMILES string of the molecule is CC(N)C(=O)Oc1ccccc1N. The quantitative estimate of drug-likeness (QED) is 0.395. The molecule has 0 spiro atoms. The molecule has 0 radical (unpaired) electrons. The van der Waals surface area contributed by atoms with Crippen LogP contribution in [-0.4, -0.2) is 12.0 Å². The van der Waals surface area contributed by atoms with Gasteiger partial charge in [-0.2, -0.15) is 0 Å². The molecule has 0 bridgehead atoms. The summed E-state index contributed by atoms with van der Waals surface area (Å²) in [5, 5.41) is 0. The van der Waals surface area contributed by atoms with E-state index < -0.39 is 12.0 Å². The summed E-state index contributed by atoms with van der Waals surface area (Å²) in [6, 6.07) is 6.14. The van der Waals surface area contributed by atoms with Crippen molar-refractivity contribution in [2.24, 2.45) is 5.73 Å². The number of rotatable bonds is 2. The molecule has 0 aromatic heterocycles. The van der Waals surface area contributed by atoms with E-state index in [1.807, 2.05) is 0 Å². The molecule has 4 heteroatoms. The average molecular weight is 180 g/mol. The van der Waals surface area contributed by atoms with Gasteiger partial charge in [-0.15, -0.1) is 0 Å². The van der Waals surface area contributed by atoms with E-state index in [2.05, 4.69) is 0 Å². The van der Waals surface area contributed by atoms with Gasteiger partial charge in [-0.05, 0) is 19.1 Å². The number of anilines is 1. The Bertz CT molecular complexity index is 310. The first-order chi connectivity index (χ1) is 6.11. The topological polar surface area (TPSA) is 78.3 Å². The molecule has 0 fully saturated rings. The minimum atomic E-state index is -0.639. The van der Waals surface area contributed by atoms with Gasteiger partial charge in [-0.25, -0.2) is 4.79 Å². The van der Waals surface area contributed by atoms with Crippen LogP contribution < -0.4 is 16.2 Å². The molecule has 1 aromatic carbocycles. The van der Waals surface area contributed by atoms with Crippen molar-refractivity contribution in [2.75, 3.05) is 5.73 Å². The highest BCUT2D eigenvalue weighted by molar-refractivity contribution is 5.78. The first-order valence-corrected chi connectivity index (χ1v) is 3.93. The van der Waals surface area contributed by atoms with Crippen LogP contribution in [0.5, 0.6) is 5.75 Å². The van der Waals surface area contributed by atoms with Crippen molar-refractivity contribution < 1.29 is 9.53 Å². The molecule has 0 amide bonds. The normalized spacial score (nSPS) is 12.2. The van der Waals surface area contributed by atoms with E-state index in [1.54, 1.807) is 31.2 Å². The van der Waals surface area contributed by atoms with Gasteiger partial charge in [-0.3, -0.25) is 0 Å². The fraction of sp³-hybridized carbons (Fsp3) is 0.222. The van der Waals surface area contributed by atoms with Crippen molar-refractivity contribution in [3.63, 3.8) is 0 Å². The third-order valence-electron chi connectivity index (χ3n) is 1.50. The second kappa shape index (κ2) is 3.91. The summed E-state index contributed by atoms with van der Waals surface area (Å²) >= 11 is 0. The standard InChI is InChI=1S/C9H12N2O2/c1-6(10)9(12)13-8-5-3-2-4-7(8)11/h2-6H,10-11H2,1H3. The van der Waals surface area contributed by atoms with Crippen molar-refractivity contribution in [1.82, 2.24) is 0 Å². The highest BCUT2D eigenvalue weighted by Gasteiger charge is 2.11. The zero-order chi connectivity index (χ0) is 9.84. The first-order valence-electron chi connectivity index (χ1n) is 3.93. The Morgan fingerprint density at radius 3 is 2.62 bits per heavy atom. The predicted molar refractivity (Wildman–Crippen MR) is 50.1 cm³/mol. The number of hydrogen-bond donors (Lipinski definition) is 2. The summed E-state index contributed by atoms with van der Waals surface area (Å²) in [6.45, 7) is 1.56. The third kappa shape index (κ3) is 2.45. The van der Waals surface area contributed by atoms with Gasteiger partial charge in [0, 0.05) is 0 Å². The van der Waals surface area contributed by atoms with E-state index in [-0.39, 0.29) is 0 Å². The van der Waals surface area contributed by atoms with Crippen molar-refractivity contribution in [2.45, 2.75) is 13.0 Å². The maximum absolute atomic E-state index is 11.1. The second-order valence-electron chi connectivity index (χ2n) is 2.75. The Morgan fingerprint density at radius 2 is 2.08 bits per heavy atom. The van der Waals surface area contributed by atoms with Gasteiger partial charge in [0.1, 0.15) is 6.04 Å². The van der Waals surface area contributed by atoms with Crippen LogP contribution in [0, 0.1) is 0 Å². The molecule has 70 valence electrons. The summed E-state index contributed by atoms with van der Waals surface area (Å²) < 4.78 is 4.92. The summed E-state index contributed by atoms with van der Waals surface area (Å²) in [4.78, 5) is 11.1. The van der Waals surface area contributed by atoms with Crippen LogP contribution in [0.3, 0.4) is 0 Å². The van der Waals surface area contributed by atoms with E-state index in [4.69, 9.17) is 16.2 Å². The lowest BCUT2D eigenvalue weighted by Gasteiger charge is -2.07.